The van der Waals surface area contributed by atoms with E-state index < -0.39 is 58.7 Å². The minimum atomic E-state index is -4.90. The second kappa shape index (κ2) is 9.41. The fraction of sp³-hybridized carbons (Fsp3) is 0.435. The lowest BCUT2D eigenvalue weighted by atomic mass is 9.77. The van der Waals surface area contributed by atoms with Crippen molar-refractivity contribution in [1.82, 2.24) is 14.2 Å². The van der Waals surface area contributed by atoms with Crippen LogP contribution in [0.25, 0.3) is 5.65 Å². The van der Waals surface area contributed by atoms with Crippen molar-refractivity contribution in [3.63, 3.8) is 0 Å². The molecular weight excluding hydrogens is 507 g/mol. The Morgan fingerprint density at radius 1 is 1.30 bits per heavy atom. The summed E-state index contributed by atoms with van der Waals surface area (Å²) in [6, 6.07) is 4.44. The Morgan fingerprint density at radius 3 is 2.62 bits per heavy atom. The van der Waals surface area contributed by atoms with Gasteiger partial charge in [-0.3, -0.25) is 9.20 Å². The van der Waals surface area contributed by atoms with Gasteiger partial charge >= 0.3 is 11.9 Å². The van der Waals surface area contributed by atoms with E-state index in [2.05, 4.69) is 10.4 Å². The van der Waals surface area contributed by atoms with Gasteiger partial charge in [0.15, 0.2) is 22.8 Å². The Labute approximate surface area is 206 Å². The van der Waals surface area contributed by atoms with Crippen molar-refractivity contribution in [2.24, 2.45) is 5.92 Å². The van der Waals surface area contributed by atoms with Crippen molar-refractivity contribution < 1.29 is 41.3 Å². The lowest BCUT2D eigenvalue weighted by Gasteiger charge is -2.32. The largest absolute Gasteiger partial charge is 0.493 e. The first-order chi connectivity index (χ1) is 17.3. The van der Waals surface area contributed by atoms with Crippen LogP contribution in [0.4, 0.5) is 27.6 Å². The lowest BCUT2D eigenvalue weighted by molar-refractivity contribution is -0.272. The maximum Gasteiger partial charge on any atom is 0.417 e. The molecule has 0 unspecified atom stereocenters. The molecule has 2 aromatic heterocycles. The Kier molecular flexibility index (Phi) is 6.75. The molecule has 200 valence electrons. The number of nitrogens with one attached hydrogen (secondary N) is 1. The normalized spacial score (nSPS) is 24.0. The van der Waals surface area contributed by atoms with Gasteiger partial charge in [-0.1, -0.05) is 13.0 Å². The fourth-order valence-corrected chi connectivity index (χ4v) is 4.59. The van der Waals surface area contributed by atoms with Crippen LogP contribution >= 0.6 is 0 Å². The molecule has 1 fully saturated rings. The number of rotatable bonds is 6. The summed E-state index contributed by atoms with van der Waals surface area (Å²) in [5.74, 6) is -7.06. The molecule has 2 N–H and O–H groups in total. The number of aromatic nitrogens is 3. The number of benzene rings is 1. The molecule has 1 aromatic carbocycles. The van der Waals surface area contributed by atoms with Gasteiger partial charge in [0.25, 0.3) is 5.91 Å². The number of hydrogen-bond acceptors (Lipinski definition) is 6. The number of alkyl halides is 3. The van der Waals surface area contributed by atoms with Crippen LogP contribution in [-0.4, -0.2) is 56.8 Å². The highest BCUT2D eigenvalue weighted by Crippen LogP contribution is 2.55. The number of anilines is 1. The molecule has 0 radical (unpaired) electrons. The SMILES string of the molecule is COc1c([C@H]2[C@H](C(=O)Nc3ccn4c(=O)n(CCO)nc4c3)O[C@@](C)(C(F)(F)F)[C@H]2C)ccc(F)c1F. The van der Waals surface area contributed by atoms with E-state index in [4.69, 9.17) is 14.6 Å². The van der Waals surface area contributed by atoms with Crippen molar-refractivity contribution in [3.8, 4) is 5.75 Å². The number of aliphatic hydroxyl groups excluding tert-OH is 1. The smallest absolute Gasteiger partial charge is 0.417 e. The summed E-state index contributed by atoms with van der Waals surface area (Å²) in [4.78, 5) is 25.5. The molecule has 0 spiro atoms. The summed E-state index contributed by atoms with van der Waals surface area (Å²) in [5, 5.41) is 15.5. The maximum absolute atomic E-state index is 14.5. The monoisotopic (exact) mass is 530 g/mol. The van der Waals surface area contributed by atoms with Crippen LogP contribution in [0.5, 0.6) is 5.75 Å². The molecule has 1 amide bonds. The van der Waals surface area contributed by atoms with Gasteiger partial charge in [0.1, 0.15) is 6.10 Å². The van der Waals surface area contributed by atoms with Crippen molar-refractivity contribution in [1.29, 1.82) is 0 Å². The van der Waals surface area contributed by atoms with Gasteiger partial charge in [-0.05, 0) is 19.1 Å². The fourth-order valence-electron chi connectivity index (χ4n) is 4.59. The van der Waals surface area contributed by atoms with Gasteiger partial charge < -0.3 is 19.9 Å². The molecule has 1 saturated heterocycles. The minimum absolute atomic E-state index is 0.0657. The molecule has 3 aromatic rings. The van der Waals surface area contributed by atoms with E-state index in [9.17, 15) is 31.5 Å². The molecule has 4 atom stereocenters. The van der Waals surface area contributed by atoms with E-state index in [1.165, 1.54) is 25.3 Å². The number of fused-ring (bicyclic) bond motifs is 1. The van der Waals surface area contributed by atoms with Crippen LogP contribution < -0.4 is 15.7 Å². The number of carbonyl (C=O) groups excluding carboxylic acids is 1. The zero-order chi connectivity index (χ0) is 27.3. The molecule has 1 aliphatic rings. The molecule has 14 heteroatoms. The molecule has 1 aliphatic heterocycles. The molecule has 9 nitrogen and oxygen atoms in total. The van der Waals surface area contributed by atoms with Crippen molar-refractivity contribution in [2.75, 3.05) is 19.0 Å². The second-order valence-electron chi connectivity index (χ2n) is 8.80. The molecule has 0 aliphatic carbocycles. The zero-order valence-corrected chi connectivity index (χ0v) is 19.8. The summed E-state index contributed by atoms with van der Waals surface area (Å²) < 4.78 is 82.9. The summed E-state index contributed by atoms with van der Waals surface area (Å²) in [6.07, 6.45) is -5.38. The molecule has 4 rings (SSSR count). The lowest BCUT2D eigenvalue weighted by Crippen LogP contribution is -2.47. The summed E-state index contributed by atoms with van der Waals surface area (Å²) in [6.45, 7) is 1.59. The summed E-state index contributed by atoms with van der Waals surface area (Å²) in [7, 11) is 1.03. The van der Waals surface area contributed by atoms with E-state index in [1.807, 2.05) is 0 Å². The van der Waals surface area contributed by atoms with Crippen LogP contribution in [0.1, 0.15) is 25.3 Å². The number of amides is 1. The first-order valence-electron chi connectivity index (χ1n) is 11.1. The van der Waals surface area contributed by atoms with E-state index in [-0.39, 0.29) is 30.0 Å². The maximum atomic E-state index is 14.5. The molecule has 37 heavy (non-hydrogen) atoms. The first-order valence-corrected chi connectivity index (χ1v) is 11.1. The highest BCUT2D eigenvalue weighted by atomic mass is 19.4. The standard InChI is InChI=1S/C23H23F5N4O5/c1-11-16(13-4-5-14(24)17(25)18(13)36-3)19(37-22(11,2)23(26,27)28)20(34)29-12-6-7-31-15(10-12)30-32(8-9-33)21(31)35/h4-7,10-11,16,19,33H,8-9H2,1-3H3,(H,29,34)/t11-,16-,19+,22+/m0/s1. The number of ether oxygens (including phenoxy) is 2. The Balaban J connectivity index is 1.74. The number of nitrogens with zero attached hydrogens (tertiary/aromatic N) is 3. The quantitative estimate of drug-likeness (QED) is 0.475. The van der Waals surface area contributed by atoms with Crippen LogP contribution in [-0.2, 0) is 16.1 Å². The number of pyridine rings is 1. The number of halogens is 5. The number of aliphatic hydroxyl groups is 1. The average molecular weight is 530 g/mol. The van der Waals surface area contributed by atoms with Gasteiger partial charge in [-0.2, -0.15) is 17.6 Å². The van der Waals surface area contributed by atoms with Gasteiger partial charge in [0, 0.05) is 35.3 Å². The third-order valence-electron chi connectivity index (χ3n) is 6.73. The van der Waals surface area contributed by atoms with Crippen molar-refractivity contribution >= 4 is 17.2 Å². The summed E-state index contributed by atoms with van der Waals surface area (Å²) in [5.41, 5.74) is -3.30. The van der Waals surface area contributed by atoms with Crippen LogP contribution in [0.3, 0.4) is 0 Å². The molecular formula is C23H23F5N4O5. The predicted molar refractivity (Wildman–Crippen MR) is 119 cm³/mol. The van der Waals surface area contributed by atoms with E-state index >= 15 is 0 Å². The third kappa shape index (κ3) is 4.33. The topological polar surface area (TPSA) is 107 Å². The van der Waals surface area contributed by atoms with Gasteiger partial charge in [-0.15, -0.1) is 5.10 Å². The van der Waals surface area contributed by atoms with Crippen LogP contribution in [0.2, 0.25) is 0 Å². The highest BCUT2D eigenvalue weighted by Gasteiger charge is 2.65. The second-order valence-corrected chi connectivity index (χ2v) is 8.80. The number of hydrogen-bond donors (Lipinski definition) is 2. The summed E-state index contributed by atoms with van der Waals surface area (Å²) >= 11 is 0. The predicted octanol–water partition coefficient (Wildman–Crippen LogP) is 2.85. The van der Waals surface area contributed by atoms with E-state index in [0.29, 0.717) is 0 Å². The zero-order valence-electron chi connectivity index (χ0n) is 19.8. The number of methoxy groups -OCH3 is 1. The third-order valence-corrected chi connectivity index (χ3v) is 6.73. The molecule has 3 heterocycles. The molecule has 0 bridgehead atoms. The first kappa shape index (κ1) is 26.5. The van der Waals surface area contributed by atoms with E-state index in [0.717, 1.165) is 35.2 Å². The minimum Gasteiger partial charge on any atom is -0.493 e. The van der Waals surface area contributed by atoms with E-state index in [1.54, 1.807) is 0 Å². The average Bonchev–Trinajstić information content (AvgIpc) is 3.29. The van der Waals surface area contributed by atoms with Crippen molar-refractivity contribution in [2.45, 2.75) is 44.2 Å². The number of carbonyl (C=O) groups is 1. The highest BCUT2D eigenvalue weighted by molar-refractivity contribution is 5.95. The van der Waals surface area contributed by atoms with Gasteiger partial charge in [0.05, 0.1) is 20.3 Å². The van der Waals surface area contributed by atoms with Crippen LogP contribution in [0.15, 0.2) is 35.3 Å². The van der Waals surface area contributed by atoms with Gasteiger partial charge in [0.2, 0.25) is 5.82 Å². The van der Waals surface area contributed by atoms with Gasteiger partial charge in [-0.25, -0.2) is 13.9 Å². The van der Waals surface area contributed by atoms with Crippen LogP contribution in [0, 0.1) is 17.6 Å². The Bertz CT molecular complexity index is 1400. The Morgan fingerprint density at radius 2 is 2.00 bits per heavy atom. The molecule has 0 saturated carbocycles. The Hall–Kier alpha value is -3.52. The van der Waals surface area contributed by atoms with Crippen molar-refractivity contribution in [3.05, 3.63) is 58.1 Å².